The van der Waals surface area contributed by atoms with E-state index in [1.165, 1.54) is 13.3 Å². The maximum atomic E-state index is 11.5. The first-order chi connectivity index (χ1) is 6.61. The van der Waals surface area contributed by atoms with E-state index in [4.69, 9.17) is 5.11 Å². The van der Waals surface area contributed by atoms with Crippen LogP contribution in [0.5, 0.6) is 0 Å². The van der Waals surface area contributed by atoms with Crippen LogP contribution in [0.25, 0.3) is 0 Å². The summed E-state index contributed by atoms with van der Waals surface area (Å²) in [6.45, 7) is 1.49. The van der Waals surface area contributed by atoms with Gasteiger partial charge in [0.15, 0.2) is 0 Å². The van der Waals surface area contributed by atoms with Gasteiger partial charge in [-0.1, -0.05) is 19.3 Å². The molecule has 14 heavy (non-hydrogen) atoms. The van der Waals surface area contributed by atoms with Gasteiger partial charge in [0.2, 0.25) is 5.91 Å². The molecule has 0 spiro atoms. The van der Waals surface area contributed by atoms with Gasteiger partial charge >= 0.3 is 5.97 Å². The van der Waals surface area contributed by atoms with Crippen LogP contribution in [0, 0.1) is 5.92 Å². The van der Waals surface area contributed by atoms with E-state index in [-0.39, 0.29) is 11.8 Å². The van der Waals surface area contributed by atoms with Gasteiger partial charge in [0.1, 0.15) is 6.04 Å². The molecule has 2 N–H and O–H groups in total. The molecule has 0 unspecified atom stereocenters. The van der Waals surface area contributed by atoms with E-state index in [1.54, 1.807) is 0 Å². The smallest absolute Gasteiger partial charge is 0.325 e. The number of carbonyl (C=O) groups excluding carboxylic acids is 1. The number of hydrogen-bond donors (Lipinski definition) is 2. The van der Waals surface area contributed by atoms with Crippen molar-refractivity contribution < 1.29 is 14.7 Å². The Hall–Kier alpha value is -1.06. The van der Waals surface area contributed by atoms with Gasteiger partial charge in [-0.3, -0.25) is 9.59 Å². The maximum Gasteiger partial charge on any atom is 0.325 e. The summed E-state index contributed by atoms with van der Waals surface area (Å²) in [6.07, 6.45) is 5.16. The topological polar surface area (TPSA) is 66.4 Å². The van der Waals surface area contributed by atoms with Gasteiger partial charge in [0, 0.05) is 5.92 Å². The Balaban J connectivity index is 2.36. The molecule has 1 aliphatic carbocycles. The van der Waals surface area contributed by atoms with Crippen LogP contribution in [0.4, 0.5) is 0 Å². The first kappa shape index (κ1) is 11.0. The molecule has 0 radical (unpaired) electrons. The van der Waals surface area contributed by atoms with Crippen molar-refractivity contribution in [3.63, 3.8) is 0 Å². The fraction of sp³-hybridized carbons (Fsp3) is 0.800. The maximum absolute atomic E-state index is 11.5. The van der Waals surface area contributed by atoms with Gasteiger partial charge in [-0.2, -0.15) is 0 Å². The lowest BCUT2D eigenvalue weighted by molar-refractivity contribution is -0.142. The highest BCUT2D eigenvalue weighted by Crippen LogP contribution is 2.23. The van der Waals surface area contributed by atoms with Crippen LogP contribution in [0.2, 0.25) is 0 Å². The number of aliphatic carboxylic acids is 1. The summed E-state index contributed by atoms with van der Waals surface area (Å²) < 4.78 is 0. The summed E-state index contributed by atoms with van der Waals surface area (Å²) in [5.41, 5.74) is 0. The van der Waals surface area contributed by atoms with Crippen molar-refractivity contribution in [3.05, 3.63) is 0 Å². The van der Waals surface area contributed by atoms with E-state index < -0.39 is 12.0 Å². The molecule has 80 valence electrons. The number of hydrogen-bond acceptors (Lipinski definition) is 2. The fourth-order valence-electron chi connectivity index (χ4n) is 1.76. The predicted octanol–water partition coefficient (Wildman–Crippen LogP) is 1.16. The van der Waals surface area contributed by atoms with Gasteiger partial charge in [0.05, 0.1) is 0 Å². The summed E-state index contributed by atoms with van der Waals surface area (Å²) in [7, 11) is 0. The summed E-state index contributed by atoms with van der Waals surface area (Å²) in [5.74, 6) is -1.04. The van der Waals surface area contributed by atoms with Crippen LogP contribution in [-0.2, 0) is 9.59 Å². The molecule has 1 saturated carbocycles. The fourth-order valence-corrected chi connectivity index (χ4v) is 1.76. The zero-order valence-corrected chi connectivity index (χ0v) is 8.45. The average molecular weight is 199 g/mol. The van der Waals surface area contributed by atoms with Gasteiger partial charge in [-0.25, -0.2) is 0 Å². The minimum absolute atomic E-state index is 0.0329. The zero-order chi connectivity index (χ0) is 10.6. The predicted molar refractivity (Wildman–Crippen MR) is 51.8 cm³/mol. The van der Waals surface area contributed by atoms with E-state index in [0.717, 1.165) is 25.7 Å². The Kier molecular flexibility index (Phi) is 3.92. The van der Waals surface area contributed by atoms with Crippen molar-refractivity contribution >= 4 is 11.9 Å². The van der Waals surface area contributed by atoms with Crippen LogP contribution >= 0.6 is 0 Å². The third-order valence-electron chi connectivity index (χ3n) is 2.71. The molecule has 1 aliphatic rings. The first-order valence-electron chi connectivity index (χ1n) is 5.14. The second-order valence-corrected chi connectivity index (χ2v) is 3.90. The highest BCUT2D eigenvalue weighted by atomic mass is 16.4. The van der Waals surface area contributed by atoms with Crippen LogP contribution in [0.1, 0.15) is 39.0 Å². The molecule has 0 aromatic heterocycles. The second kappa shape index (κ2) is 4.98. The number of carboxylic acid groups (broad SMARTS) is 1. The van der Waals surface area contributed by atoms with Crippen molar-refractivity contribution in [2.45, 2.75) is 45.1 Å². The Morgan fingerprint density at radius 3 is 2.36 bits per heavy atom. The third kappa shape index (κ3) is 3.01. The van der Waals surface area contributed by atoms with Crippen molar-refractivity contribution in [1.82, 2.24) is 5.32 Å². The minimum atomic E-state index is -0.978. The summed E-state index contributed by atoms with van der Waals surface area (Å²) in [6, 6.07) is -0.774. The van der Waals surface area contributed by atoms with Crippen LogP contribution in [-0.4, -0.2) is 23.0 Å². The normalized spacial score (nSPS) is 20.1. The lowest BCUT2D eigenvalue weighted by Crippen LogP contribution is -2.42. The molecule has 0 saturated heterocycles. The van der Waals surface area contributed by atoms with E-state index in [1.807, 2.05) is 0 Å². The van der Waals surface area contributed by atoms with Crippen LogP contribution in [0.15, 0.2) is 0 Å². The Labute approximate surface area is 83.7 Å². The van der Waals surface area contributed by atoms with Gasteiger partial charge < -0.3 is 10.4 Å². The van der Waals surface area contributed by atoms with Crippen molar-refractivity contribution in [2.24, 2.45) is 5.92 Å². The Morgan fingerprint density at radius 1 is 1.29 bits per heavy atom. The average Bonchev–Trinajstić information content (AvgIpc) is 2.19. The largest absolute Gasteiger partial charge is 0.480 e. The second-order valence-electron chi connectivity index (χ2n) is 3.90. The lowest BCUT2D eigenvalue weighted by atomic mass is 9.88. The molecule has 0 aliphatic heterocycles. The van der Waals surface area contributed by atoms with Crippen molar-refractivity contribution in [2.75, 3.05) is 0 Å². The quantitative estimate of drug-likeness (QED) is 0.716. The monoisotopic (exact) mass is 199 g/mol. The molecule has 0 bridgehead atoms. The number of rotatable bonds is 3. The molecule has 1 fully saturated rings. The standard InChI is InChI=1S/C10H17NO3/c1-7(10(13)14)11-9(12)8-5-3-2-4-6-8/h7-8H,2-6H2,1H3,(H,11,12)(H,13,14)/t7-/m1/s1. The highest BCUT2D eigenvalue weighted by molar-refractivity contribution is 5.84. The summed E-state index contributed by atoms with van der Waals surface area (Å²) in [4.78, 5) is 22.0. The lowest BCUT2D eigenvalue weighted by Gasteiger charge is -2.21. The number of carboxylic acids is 1. The zero-order valence-electron chi connectivity index (χ0n) is 8.45. The van der Waals surface area contributed by atoms with Crippen LogP contribution < -0.4 is 5.32 Å². The Morgan fingerprint density at radius 2 is 1.86 bits per heavy atom. The number of carbonyl (C=O) groups is 2. The molecular formula is C10H17NO3. The first-order valence-corrected chi connectivity index (χ1v) is 5.14. The van der Waals surface area contributed by atoms with E-state index >= 15 is 0 Å². The van der Waals surface area contributed by atoms with Gasteiger partial charge in [-0.05, 0) is 19.8 Å². The summed E-state index contributed by atoms with van der Waals surface area (Å²) >= 11 is 0. The SMILES string of the molecule is C[C@@H](NC(=O)C1CCCCC1)C(=O)O. The van der Waals surface area contributed by atoms with E-state index in [0.29, 0.717) is 0 Å². The van der Waals surface area contributed by atoms with Gasteiger partial charge in [-0.15, -0.1) is 0 Å². The highest BCUT2D eigenvalue weighted by Gasteiger charge is 2.23. The van der Waals surface area contributed by atoms with Crippen LogP contribution in [0.3, 0.4) is 0 Å². The third-order valence-corrected chi connectivity index (χ3v) is 2.71. The molecule has 0 aromatic carbocycles. The number of nitrogens with one attached hydrogen (secondary N) is 1. The summed E-state index contributed by atoms with van der Waals surface area (Å²) in [5, 5.41) is 11.1. The van der Waals surface area contributed by atoms with E-state index in [2.05, 4.69) is 5.32 Å². The molecule has 4 nitrogen and oxygen atoms in total. The Bertz CT molecular complexity index is 221. The number of amides is 1. The molecule has 1 amide bonds. The molecule has 0 heterocycles. The van der Waals surface area contributed by atoms with E-state index in [9.17, 15) is 9.59 Å². The minimum Gasteiger partial charge on any atom is -0.480 e. The molecule has 4 heteroatoms. The van der Waals surface area contributed by atoms with Crippen molar-refractivity contribution in [3.8, 4) is 0 Å². The van der Waals surface area contributed by atoms with Gasteiger partial charge in [0.25, 0.3) is 0 Å². The molecule has 0 aromatic rings. The van der Waals surface area contributed by atoms with Crippen molar-refractivity contribution in [1.29, 1.82) is 0 Å². The molecule has 1 rings (SSSR count). The molecular weight excluding hydrogens is 182 g/mol. The molecule has 1 atom stereocenters.